The van der Waals surface area contributed by atoms with Gasteiger partial charge in [-0.15, -0.1) is 0 Å². The van der Waals surface area contributed by atoms with Crippen LogP contribution < -0.4 is 5.32 Å². The molecule has 3 rings (SSSR count). The van der Waals surface area contributed by atoms with Crippen LogP contribution >= 0.6 is 0 Å². The van der Waals surface area contributed by atoms with Gasteiger partial charge in [-0.3, -0.25) is 4.79 Å². The third-order valence-electron chi connectivity index (χ3n) is 4.46. The minimum Gasteiger partial charge on any atom is -0.384 e. The molecule has 1 aromatic rings. The molecule has 0 saturated heterocycles. The summed E-state index contributed by atoms with van der Waals surface area (Å²) in [6.45, 7) is 0.378. The highest BCUT2D eigenvalue weighted by molar-refractivity contribution is 5.96. The van der Waals surface area contributed by atoms with Gasteiger partial charge in [0.15, 0.2) is 0 Å². The summed E-state index contributed by atoms with van der Waals surface area (Å²) >= 11 is 0. The minimum atomic E-state index is -0.439. The standard InChI is InChI=1S/C17H18FNO2/c18-14-5-6-15(12(10-14)2-1-9-20)16(21)19-11-17(7-8-17)13-3-4-13/h5-6,10,13,20H,3-4,7-9,11H2,(H,19,21). The van der Waals surface area contributed by atoms with Gasteiger partial charge in [0.1, 0.15) is 12.4 Å². The van der Waals surface area contributed by atoms with Crippen LogP contribution in [-0.4, -0.2) is 24.2 Å². The Kier molecular flexibility index (Phi) is 3.69. The van der Waals surface area contributed by atoms with E-state index in [-0.39, 0.29) is 12.5 Å². The number of nitrogens with one attached hydrogen (secondary N) is 1. The average molecular weight is 287 g/mol. The van der Waals surface area contributed by atoms with Crippen LogP contribution in [0.4, 0.5) is 4.39 Å². The minimum absolute atomic E-state index is 0.218. The summed E-state index contributed by atoms with van der Waals surface area (Å²) in [6, 6.07) is 3.93. The van der Waals surface area contributed by atoms with E-state index in [9.17, 15) is 9.18 Å². The monoisotopic (exact) mass is 287 g/mol. The number of benzene rings is 1. The molecule has 2 aliphatic rings. The first kappa shape index (κ1) is 14.1. The van der Waals surface area contributed by atoms with Crippen molar-refractivity contribution in [1.82, 2.24) is 5.32 Å². The lowest BCUT2D eigenvalue weighted by molar-refractivity contribution is 0.0942. The summed E-state index contributed by atoms with van der Waals surface area (Å²) < 4.78 is 13.3. The molecule has 21 heavy (non-hydrogen) atoms. The fourth-order valence-electron chi connectivity index (χ4n) is 2.89. The van der Waals surface area contributed by atoms with Crippen molar-refractivity contribution >= 4 is 5.91 Å². The zero-order chi connectivity index (χ0) is 14.9. The van der Waals surface area contributed by atoms with Crippen LogP contribution in [0.3, 0.4) is 0 Å². The Morgan fingerprint density at radius 2 is 2.19 bits per heavy atom. The summed E-state index contributed by atoms with van der Waals surface area (Å²) in [5, 5.41) is 11.7. The molecule has 2 saturated carbocycles. The summed E-state index contributed by atoms with van der Waals surface area (Å²) in [6.07, 6.45) is 4.94. The van der Waals surface area contributed by atoms with Gasteiger partial charge in [0.25, 0.3) is 5.91 Å². The fourth-order valence-corrected chi connectivity index (χ4v) is 2.89. The van der Waals surface area contributed by atoms with Crippen LogP contribution in [0.25, 0.3) is 0 Å². The lowest BCUT2D eigenvalue weighted by atomic mass is 10.00. The van der Waals surface area contributed by atoms with E-state index < -0.39 is 5.82 Å². The molecule has 0 aliphatic heterocycles. The zero-order valence-electron chi connectivity index (χ0n) is 11.8. The van der Waals surface area contributed by atoms with Crippen molar-refractivity contribution in [2.75, 3.05) is 13.2 Å². The van der Waals surface area contributed by atoms with Crippen molar-refractivity contribution in [3.8, 4) is 11.8 Å². The molecule has 110 valence electrons. The SMILES string of the molecule is O=C(NCC1(C2CC2)CC1)c1ccc(F)cc1C#CCO. The van der Waals surface area contributed by atoms with Gasteiger partial charge >= 0.3 is 0 Å². The van der Waals surface area contributed by atoms with Gasteiger partial charge in [-0.1, -0.05) is 11.8 Å². The van der Waals surface area contributed by atoms with Crippen LogP contribution in [0, 0.1) is 29.0 Å². The number of hydrogen-bond donors (Lipinski definition) is 2. The summed E-state index contributed by atoms with van der Waals surface area (Å²) in [5.74, 6) is 5.21. The molecule has 2 fully saturated rings. The highest BCUT2D eigenvalue weighted by Gasteiger charge is 2.53. The van der Waals surface area contributed by atoms with Gasteiger partial charge in [0.2, 0.25) is 0 Å². The Bertz CT molecular complexity index is 621. The fraction of sp³-hybridized carbons (Fsp3) is 0.471. The van der Waals surface area contributed by atoms with Crippen LogP contribution in [0.1, 0.15) is 41.6 Å². The van der Waals surface area contributed by atoms with Gasteiger partial charge < -0.3 is 10.4 Å². The zero-order valence-corrected chi connectivity index (χ0v) is 11.8. The van der Waals surface area contributed by atoms with E-state index in [1.807, 2.05) is 0 Å². The van der Waals surface area contributed by atoms with E-state index in [4.69, 9.17) is 5.11 Å². The molecule has 4 heteroatoms. The van der Waals surface area contributed by atoms with Gasteiger partial charge in [-0.05, 0) is 55.2 Å². The second kappa shape index (κ2) is 5.50. The van der Waals surface area contributed by atoms with E-state index in [0.29, 0.717) is 23.1 Å². The highest BCUT2D eigenvalue weighted by atomic mass is 19.1. The molecular formula is C17H18FNO2. The van der Waals surface area contributed by atoms with E-state index >= 15 is 0 Å². The Labute approximate surface area is 123 Å². The topological polar surface area (TPSA) is 49.3 Å². The lowest BCUT2D eigenvalue weighted by Gasteiger charge is -2.15. The predicted molar refractivity (Wildman–Crippen MR) is 77.1 cm³/mol. The van der Waals surface area contributed by atoms with Gasteiger partial charge in [0.05, 0.1) is 5.56 Å². The average Bonchev–Trinajstić information content (AvgIpc) is 3.35. The van der Waals surface area contributed by atoms with E-state index in [2.05, 4.69) is 17.2 Å². The van der Waals surface area contributed by atoms with Crippen LogP contribution in [0.5, 0.6) is 0 Å². The van der Waals surface area contributed by atoms with E-state index in [1.165, 1.54) is 43.9 Å². The molecule has 1 amide bonds. The second-order valence-electron chi connectivity index (χ2n) is 5.97. The number of hydrogen-bond acceptors (Lipinski definition) is 2. The summed E-state index contributed by atoms with van der Waals surface area (Å²) in [7, 11) is 0. The molecule has 2 aliphatic carbocycles. The third-order valence-corrected chi connectivity index (χ3v) is 4.46. The normalized spacial score (nSPS) is 18.6. The molecular weight excluding hydrogens is 269 g/mol. The number of aliphatic hydroxyl groups is 1. The first-order valence-corrected chi connectivity index (χ1v) is 7.32. The van der Waals surface area contributed by atoms with E-state index in [1.54, 1.807) is 0 Å². The van der Waals surface area contributed by atoms with Gasteiger partial charge in [-0.25, -0.2) is 4.39 Å². The molecule has 0 unspecified atom stereocenters. The quantitative estimate of drug-likeness (QED) is 0.833. The molecule has 3 nitrogen and oxygen atoms in total. The smallest absolute Gasteiger partial charge is 0.252 e. The maximum Gasteiger partial charge on any atom is 0.252 e. The molecule has 1 aromatic carbocycles. The number of rotatable bonds is 4. The van der Waals surface area contributed by atoms with Crippen molar-refractivity contribution in [2.24, 2.45) is 11.3 Å². The first-order valence-electron chi connectivity index (χ1n) is 7.32. The second-order valence-corrected chi connectivity index (χ2v) is 5.97. The van der Waals surface area contributed by atoms with Crippen molar-refractivity contribution in [1.29, 1.82) is 0 Å². The number of aliphatic hydroxyl groups excluding tert-OH is 1. The van der Waals surface area contributed by atoms with Crippen molar-refractivity contribution in [3.05, 3.63) is 35.1 Å². The predicted octanol–water partition coefficient (Wildman–Crippen LogP) is 2.09. The Morgan fingerprint density at radius 1 is 1.43 bits per heavy atom. The third kappa shape index (κ3) is 3.08. The van der Waals surface area contributed by atoms with E-state index in [0.717, 1.165) is 5.92 Å². The van der Waals surface area contributed by atoms with Crippen molar-refractivity contribution < 1.29 is 14.3 Å². The maximum atomic E-state index is 13.3. The number of carbonyl (C=O) groups is 1. The van der Waals surface area contributed by atoms with Gasteiger partial charge in [-0.2, -0.15) is 0 Å². The lowest BCUT2D eigenvalue weighted by Crippen LogP contribution is -2.31. The number of amides is 1. The molecule has 0 heterocycles. The molecule has 0 atom stereocenters. The summed E-state index contributed by atoms with van der Waals surface area (Å²) in [5.41, 5.74) is 1.01. The van der Waals surface area contributed by atoms with Crippen LogP contribution in [0.15, 0.2) is 18.2 Å². The number of halogens is 1. The Morgan fingerprint density at radius 3 is 2.81 bits per heavy atom. The summed E-state index contributed by atoms with van der Waals surface area (Å²) in [4.78, 5) is 12.3. The Hall–Kier alpha value is -1.86. The van der Waals surface area contributed by atoms with Crippen molar-refractivity contribution in [3.63, 3.8) is 0 Å². The molecule has 0 bridgehead atoms. The number of carbonyl (C=O) groups excluding carboxylic acids is 1. The molecule has 2 N–H and O–H groups in total. The van der Waals surface area contributed by atoms with Crippen molar-refractivity contribution in [2.45, 2.75) is 25.7 Å². The highest BCUT2D eigenvalue weighted by Crippen LogP contribution is 2.60. The van der Waals surface area contributed by atoms with Crippen LogP contribution in [0.2, 0.25) is 0 Å². The maximum absolute atomic E-state index is 13.3. The molecule has 0 aromatic heterocycles. The largest absolute Gasteiger partial charge is 0.384 e. The van der Waals surface area contributed by atoms with Gasteiger partial charge in [0, 0.05) is 12.1 Å². The Balaban J connectivity index is 1.71. The molecule has 0 radical (unpaired) electrons. The van der Waals surface area contributed by atoms with Crippen LogP contribution in [-0.2, 0) is 0 Å². The first-order chi connectivity index (χ1) is 10.1. The molecule has 0 spiro atoms.